The van der Waals surface area contributed by atoms with Crippen LogP contribution in [-0.4, -0.2) is 68.4 Å². The maximum Gasteiger partial charge on any atom is 0.245 e. The number of pyridine rings is 2. The summed E-state index contributed by atoms with van der Waals surface area (Å²) >= 11 is 0. The quantitative estimate of drug-likeness (QED) is 0.485. The molecule has 1 saturated heterocycles. The van der Waals surface area contributed by atoms with E-state index in [4.69, 9.17) is 9.47 Å². The third-order valence-corrected chi connectivity index (χ3v) is 5.15. The Morgan fingerprint density at radius 1 is 1.17 bits per heavy atom. The van der Waals surface area contributed by atoms with E-state index in [0.717, 1.165) is 53.4 Å². The van der Waals surface area contributed by atoms with Crippen LogP contribution in [0.1, 0.15) is 19.4 Å². The summed E-state index contributed by atoms with van der Waals surface area (Å²) in [4.78, 5) is 11.4. The van der Waals surface area contributed by atoms with E-state index < -0.39 is 0 Å². The predicted molar refractivity (Wildman–Crippen MR) is 113 cm³/mol. The summed E-state index contributed by atoms with van der Waals surface area (Å²) in [5.41, 5.74) is 3.65. The molecule has 0 bridgehead atoms. The molecule has 1 aliphatic rings. The molecule has 1 aliphatic heterocycles. The van der Waals surface area contributed by atoms with Crippen molar-refractivity contribution in [1.29, 1.82) is 0 Å². The summed E-state index contributed by atoms with van der Waals surface area (Å²) in [7, 11) is 0. The van der Waals surface area contributed by atoms with Gasteiger partial charge in [-0.1, -0.05) is 0 Å². The van der Waals surface area contributed by atoms with Crippen LogP contribution in [-0.2, 0) is 15.9 Å². The summed E-state index contributed by atoms with van der Waals surface area (Å²) in [6.45, 7) is 7.80. The first kappa shape index (κ1) is 19.0. The number of hydrogen-bond donors (Lipinski definition) is 0. The molecule has 9 nitrogen and oxygen atoms in total. The Morgan fingerprint density at radius 3 is 2.87 bits per heavy atom. The fraction of sp³-hybridized carbons (Fsp3) is 0.429. The van der Waals surface area contributed by atoms with Gasteiger partial charge in [0.25, 0.3) is 0 Å². The van der Waals surface area contributed by atoms with Crippen molar-refractivity contribution in [3.63, 3.8) is 0 Å². The third kappa shape index (κ3) is 3.73. The van der Waals surface area contributed by atoms with Gasteiger partial charge in [0.05, 0.1) is 44.0 Å². The van der Waals surface area contributed by atoms with Crippen LogP contribution < -0.4 is 4.90 Å². The standard InChI is InChI=1S/C21H25N7O2/c1-15(2)30-8-5-16-11-17-13-23-28(20(17)22-12-16)18-3-4-19-24-21(25-27(19)14-18)26-6-9-29-10-7-26/h3-4,11-15H,5-10H2,1-2H3. The average Bonchev–Trinajstić information content (AvgIpc) is 3.37. The van der Waals surface area contributed by atoms with Gasteiger partial charge in [-0.15, -0.1) is 5.10 Å². The first-order chi connectivity index (χ1) is 14.7. The van der Waals surface area contributed by atoms with Crippen LogP contribution in [0, 0.1) is 0 Å². The second kappa shape index (κ2) is 8.00. The molecule has 0 aromatic carbocycles. The van der Waals surface area contributed by atoms with Gasteiger partial charge >= 0.3 is 0 Å². The van der Waals surface area contributed by atoms with Crippen molar-refractivity contribution in [2.75, 3.05) is 37.8 Å². The van der Waals surface area contributed by atoms with E-state index in [1.54, 1.807) is 4.52 Å². The highest BCUT2D eigenvalue weighted by Crippen LogP contribution is 2.19. The molecule has 4 aromatic rings. The van der Waals surface area contributed by atoms with Gasteiger partial charge in [0.2, 0.25) is 5.95 Å². The number of ether oxygens (including phenoxy) is 2. The lowest BCUT2D eigenvalue weighted by atomic mass is 10.2. The number of hydrogen-bond acceptors (Lipinski definition) is 7. The van der Waals surface area contributed by atoms with Crippen LogP contribution in [0.5, 0.6) is 0 Å². The molecule has 0 N–H and O–H groups in total. The van der Waals surface area contributed by atoms with E-state index in [1.165, 1.54) is 0 Å². The van der Waals surface area contributed by atoms with Gasteiger partial charge < -0.3 is 14.4 Å². The molecule has 0 unspecified atom stereocenters. The molecule has 0 atom stereocenters. The lowest BCUT2D eigenvalue weighted by molar-refractivity contribution is 0.0813. The second-order valence-electron chi connectivity index (χ2n) is 7.68. The van der Waals surface area contributed by atoms with Gasteiger partial charge in [-0.25, -0.2) is 14.2 Å². The molecular weight excluding hydrogens is 382 g/mol. The molecule has 4 aromatic heterocycles. The number of fused-ring (bicyclic) bond motifs is 2. The highest BCUT2D eigenvalue weighted by atomic mass is 16.5. The van der Waals surface area contributed by atoms with Crippen molar-refractivity contribution in [3.8, 4) is 5.69 Å². The highest BCUT2D eigenvalue weighted by Gasteiger charge is 2.16. The SMILES string of the molecule is CC(C)OCCc1cnc2c(cnn2-c2ccc3nc(N4CCOCC4)nn3c2)c1. The monoisotopic (exact) mass is 407 g/mol. The topological polar surface area (TPSA) is 82.6 Å². The van der Waals surface area contributed by atoms with E-state index in [-0.39, 0.29) is 6.10 Å². The number of rotatable bonds is 6. The van der Waals surface area contributed by atoms with Crippen molar-refractivity contribution in [3.05, 3.63) is 42.4 Å². The van der Waals surface area contributed by atoms with E-state index in [1.807, 2.05) is 49.3 Å². The van der Waals surface area contributed by atoms with Crippen LogP contribution in [0.4, 0.5) is 5.95 Å². The minimum absolute atomic E-state index is 0.236. The van der Waals surface area contributed by atoms with Gasteiger partial charge in [-0.05, 0) is 44.0 Å². The third-order valence-electron chi connectivity index (χ3n) is 5.15. The van der Waals surface area contributed by atoms with Gasteiger partial charge in [0.1, 0.15) is 0 Å². The molecule has 0 spiro atoms. The molecular formula is C21H25N7O2. The van der Waals surface area contributed by atoms with Crippen molar-refractivity contribution in [2.45, 2.75) is 26.4 Å². The smallest absolute Gasteiger partial charge is 0.245 e. The Kier molecular flexibility index (Phi) is 5.06. The lowest BCUT2D eigenvalue weighted by Gasteiger charge is -2.25. The zero-order valence-corrected chi connectivity index (χ0v) is 17.2. The molecule has 0 amide bonds. The van der Waals surface area contributed by atoms with E-state index in [0.29, 0.717) is 19.8 Å². The summed E-state index contributed by atoms with van der Waals surface area (Å²) < 4.78 is 14.7. The van der Waals surface area contributed by atoms with Gasteiger partial charge in [-0.3, -0.25) is 0 Å². The number of nitrogens with zero attached hydrogens (tertiary/aromatic N) is 7. The number of morpholine rings is 1. The fourth-order valence-corrected chi connectivity index (χ4v) is 3.59. The Labute approximate surface area is 174 Å². The molecule has 0 radical (unpaired) electrons. The summed E-state index contributed by atoms with van der Waals surface area (Å²) in [6.07, 6.45) is 6.75. The molecule has 0 aliphatic carbocycles. The van der Waals surface area contributed by atoms with Crippen LogP contribution in [0.2, 0.25) is 0 Å². The Bertz CT molecular complexity index is 1160. The van der Waals surface area contributed by atoms with E-state index in [9.17, 15) is 0 Å². The zero-order chi connectivity index (χ0) is 20.5. The van der Waals surface area contributed by atoms with Crippen molar-refractivity contribution < 1.29 is 9.47 Å². The Hall–Kier alpha value is -3.04. The first-order valence-corrected chi connectivity index (χ1v) is 10.3. The molecule has 0 saturated carbocycles. The molecule has 5 heterocycles. The summed E-state index contributed by atoms with van der Waals surface area (Å²) in [5.74, 6) is 0.729. The van der Waals surface area contributed by atoms with Gasteiger partial charge in [0.15, 0.2) is 11.3 Å². The van der Waals surface area contributed by atoms with Gasteiger partial charge in [0, 0.05) is 24.7 Å². The van der Waals surface area contributed by atoms with E-state index in [2.05, 4.69) is 31.1 Å². The molecule has 5 rings (SSSR count). The van der Waals surface area contributed by atoms with E-state index >= 15 is 0 Å². The predicted octanol–water partition coefficient (Wildman–Crippen LogP) is 2.27. The second-order valence-corrected chi connectivity index (χ2v) is 7.68. The normalized spacial score (nSPS) is 15.0. The average molecular weight is 407 g/mol. The zero-order valence-electron chi connectivity index (χ0n) is 17.2. The first-order valence-electron chi connectivity index (χ1n) is 10.3. The molecule has 156 valence electrons. The summed E-state index contributed by atoms with van der Waals surface area (Å²) in [6, 6.07) is 6.07. The molecule has 1 fully saturated rings. The van der Waals surface area contributed by atoms with Gasteiger partial charge in [-0.2, -0.15) is 10.1 Å². The van der Waals surface area contributed by atoms with Crippen LogP contribution in [0.3, 0.4) is 0 Å². The molecule has 9 heteroatoms. The minimum atomic E-state index is 0.236. The maximum absolute atomic E-state index is 5.64. The largest absolute Gasteiger partial charge is 0.378 e. The number of aromatic nitrogens is 6. The lowest BCUT2D eigenvalue weighted by Crippen LogP contribution is -2.36. The fourth-order valence-electron chi connectivity index (χ4n) is 3.59. The van der Waals surface area contributed by atoms with Crippen LogP contribution in [0.25, 0.3) is 22.4 Å². The van der Waals surface area contributed by atoms with Crippen molar-refractivity contribution in [1.82, 2.24) is 29.4 Å². The number of anilines is 1. The van der Waals surface area contributed by atoms with Crippen LogP contribution in [0.15, 0.2) is 36.8 Å². The Balaban J connectivity index is 1.41. The summed E-state index contributed by atoms with van der Waals surface area (Å²) in [5, 5.41) is 10.2. The molecule has 30 heavy (non-hydrogen) atoms. The maximum atomic E-state index is 5.64. The Morgan fingerprint density at radius 2 is 2.03 bits per heavy atom. The highest BCUT2D eigenvalue weighted by molar-refractivity contribution is 5.76. The van der Waals surface area contributed by atoms with Crippen LogP contribution >= 0.6 is 0 Å². The van der Waals surface area contributed by atoms with Crippen molar-refractivity contribution >= 4 is 22.6 Å². The van der Waals surface area contributed by atoms with Crippen molar-refractivity contribution in [2.24, 2.45) is 0 Å². The minimum Gasteiger partial charge on any atom is -0.378 e.